The van der Waals surface area contributed by atoms with Crippen LogP contribution in [0.5, 0.6) is 0 Å². The average Bonchev–Trinajstić information content (AvgIpc) is 2.77. The van der Waals surface area contributed by atoms with Crippen molar-refractivity contribution in [3.05, 3.63) is 53.6 Å². The number of urea groups is 1. The highest BCUT2D eigenvalue weighted by Crippen LogP contribution is 2.22. The van der Waals surface area contributed by atoms with Gasteiger partial charge in [0.05, 0.1) is 23.3 Å². The second kappa shape index (κ2) is 10.4. The predicted molar refractivity (Wildman–Crippen MR) is 124 cm³/mol. The quantitative estimate of drug-likeness (QED) is 0.656. The van der Waals surface area contributed by atoms with Gasteiger partial charge in [0.1, 0.15) is 5.82 Å². The third kappa shape index (κ3) is 6.24. The number of pyridine rings is 1. The van der Waals surface area contributed by atoms with Gasteiger partial charge in [-0.15, -0.1) is 0 Å². The van der Waals surface area contributed by atoms with Crippen LogP contribution in [0.15, 0.2) is 36.5 Å². The summed E-state index contributed by atoms with van der Waals surface area (Å²) in [6.45, 7) is 5.08. The van der Waals surface area contributed by atoms with Gasteiger partial charge in [0.15, 0.2) is 0 Å². The molecule has 0 atom stereocenters. The van der Waals surface area contributed by atoms with Crippen LogP contribution in [0.4, 0.5) is 20.6 Å². The molecule has 1 aromatic heterocycles. The number of rotatable bonds is 7. The van der Waals surface area contributed by atoms with E-state index in [0.717, 1.165) is 24.1 Å². The van der Waals surface area contributed by atoms with Gasteiger partial charge >= 0.3 is 6.03 Å². The number of sulfonamides is 1. The molecule has 8 nitrogen and oxygen atoms in total. The molecular formula is C22H30FN5O3S. The molecule has 0 bridgehead atoms. The molecule has 1 aromatic carbocycles. The van der Waals surface area contributed by atoms with Gasteiger partial charge in [-0.3, -0.25) is 9.88 Å². The first-order valence-corrected chi connectivity index (χ1v) is 12.3. The average molecular weight is 464 g/mol. The molecule has 1 aliphatic rings. The summed E-state index contributed by atoms with van der Waals surface area (Å²) in [5.74, 6) is -0.404. The number of carbonyl (C=O) groups excluding carboxylic acids is 1. The second-order valence-corrected chi connectivity index (χ2v) is 10.3. The molecule has 2 heterocycles. The van der Waals surface area contributed by atoms with Crippen molar-refractivity contribution in [3.63, 3.8) is 0 Å². The minimum absolute atomic E-state index is 0.0947. The van der Waals surface area contributed by atoms with Crippen molar-refractivity contribution in [2.24, 2.45) is 0 Å². The van der Waals surface area contributed by atoms with Gasteiger partial charge in [-0.2, -0.15) is 0 Å². The van der Waals surface area contributed by atoms with Gasteiger partial charge in [-0.25, -0.2) is 21.9 Å². The van der Waals surface area contributed by atoms with Gasteiger partial charge in [0, 0.05) is 31.4 Å². The van der Waals surface area contributed by atoms with E-state index in [2.05, 4.69) is 20.5 Å². The van der Waals surface area contributed by atoms with E-state index in [0.29, 0.717) is 25.3 Å². The van der Waals surface area contributed by atoms with E-state index >= 15 is 0 Å². The Bertz CT molecular complexity index is 1040. The van der Waals surface area contributed by atoms with Crippen molar-refractivity contribution in [2.75, 3.05) is 36.5 Å². The Morgan fingerprint density at radius 2 is 1.94 bits per heavy atom. The Hall–Kier alpha value is -2.56. The number of aromatic nitrogens is 1. The molecule has 0 unspecified atom stereocenters. The van der Waals surface area contributed by atoms with Gasteiger partial charge in [-0.1, -0.05) is 6.07 Å². The fourth-order valence-corrected chi connectivity index (χ4v) is 4.89. The van der Waals surface area contributed by atoms with Crippen LogP contribution in [-0.4, -0.2) is 60.6 Å². The third-order valence-corrected chi connectivity index (χ3v) is 7.57. The van der Waals surface area contributed by atoms with Crippen molar-refractivity contribution in [2.45, 2.75) is 39.3 Å². The van der Waals surface area contributed by atoms with Crippen LogP contribution >= 0.6 is 0 Å². The molecule has 0 saturated carbocycles. The lowest BCUT2D eigenvalue weighted by Crippen LogP contribution is -2.45. The molecule has 2 amide bonds. The molecule has 2 N–H and O–H groups in total. The van der Waals surface area contributed by atoms with Crippen molar-refractivity contribution >= 4 is 27.4 Å². The highest BCUT2D eigenvalue weighted by Gasteiger charge is 2.28. The van der Waals surface area contributed by atoms with Crippen LogP contribution in [0.2, 0.25) is 0 Å². The first-order valence-electron chi connectivity index (χ1n) is 10.6. The van der Waals surface area contributed by atoms with Crippen LogP contribution in [0.1, 0.15) is 31.0 Å². The summed E-state index contributed by atoms with van der Waals surface area (Å²) in [6, 6.07) is 7.82. The topological polar surface area (TPSA) is 94.6 Å². The van der Waals surface area contributed by atoms with E-state index in [9.17, 15) is 17.6 Å². The summed E-state index contributed by atoms with van der Waals surface area (Å²) in [7, 11) is -1.18. The lowest BCUT2D eigenvalue weighted by atomic mass is 10.0. The number of amides is 2. The summed E-state index contributed by atoms with van der Waals surface area (Å²) in [4.78, 5) is 18.5. The molecular weight excluding hydrogens is 433 g/mol. The number of aryl methyl sites for hydroxylation is 1. The van der Waals surface area contributed by atoms with Crippen LogP contribution in [0.25, 0.3) is 0 Å². The maximum atomic E-state index is 14.3. The van der Waals surface area contributed by atoms with Crippen molar-refractivity contribution in [1.29, 1.82) is 0 Å². The molecule has 1 saturated heterocycles. The minimum Gasteiger partial charge on any atom is -0.306 e. The molecule has 174 valence electrons. The van der Waals surface area contributed by atoms with Gasteiger partial charge in [0.25, 0.3) is 0 Å². The van der Waals surface area contributed by atoms with E-state index in [1.165, 1.54) is 12.3 Å². The molecule has 1 aliphatic heterocycles. The summed E-state index contributed by atoms with van der Waals surface area (Å²) in [5.41, 5.74) is 2.29. The van der Waals surface area contributed by atoms with E-state index in [-0.39, 0.29) is 17.5 Å². The van der Waals surface area contributed by atoms with E-state index in [4.69, 9.17) is 0 Å². The maximum Gasteiger partial charge on any atom is 0.323 e. The number of piperidine rings is 1. The number of halogens is 1. The zero-order chi connectivity index (χ0) is 23.3. The Kier molecular flexibility index (Phi) is 7.81. The molecule has 2 aromatic rings. The zero-order valence-electron chi connectivity index (χ0n) is 18.6. The summed E-state index contributed by atoms with van der Waals surface area (Å²) in [6.07, 6.45) is 3.03. The largest absolute Gasteiger partial charge is 0.323 e. The third-order valence-electron chi connectivity index (χ3n) is 5.69. The van der Waals surface area contributed by atoms with E-state index in [1.54, 1.807) is 35.5 Å². The zero-order valence-corrected chi connectivity index (χ0v) is 19.5. The van der Waals surface area contributed by atoms with Gasteiger partial charge in [-0.05, 0) is 63.6 Å². The molecule has 10 heteroatoms. The van der Waals surface area contributed by atoms with Crippen molar-refractivity contribution in [3.8, 4) is 0 Å². The molecule has 3 rings (SSSR count). The number of nitrogens with zero attached hydrogens (tertiary/aromatic N) is 3. The van der Waals surface area contributed by atoms with E-state index < -0.39 is 21.9 Å². The van der Waals surface area contributed by atoms with E-state index in [1.807, 2.05) is 14.0 Å². The fourth-order valence-electron chi connectivity index (χ4n) is 3.75. The fraction of sp³-hybridized carbons (Fsp3) is 0.455. The Morgan fingerprint density at radius 3 is 2.56 bits per heavy atom. The molecule has 0 radical (unpaired) electrons. The lowest BCUT2D eigenvalue weighted by molar-refractivity contribution is 0.162. The Balaban J connectivity index is 1.58. The number of carbonyl (C=O) groups is 1. The van der Waals surface area contributed by atoms with Crippen molar-refractivity contribution < 1.29 is 17.6 Å². The van der Waals surface area contributed by atoms with Crippen LogP contribution in [-0.2, 0) is 16.6 Å². The van der Waals surface area contributed by atoms with Gasteiger partial charge in [0.2, 0.25) is 10.0 Å². The minimum atomic E-state index is -3.15. The Labute approximate surface area is 188 Å². The normalized spacial score (nSPS) is 15.7. The summed E-state index contributed by atoms with van der Waals surface area (Å²) in [5, 5.41) is 5.19. The predicted octanol–water partition coefficient (Wildman–Crippen LogP) is 3.42. The van der Waals surface area contributed by atoms with Crippen LogP contribution < -0.4 is 10.6 Å². The molecule has 0 spiro atoms. The number of anilines is 2. The molecule has 32 heavy (non-hydrogen) atoms. The standard InChI is InChI=1S/C22H30FN5O3S/c1-4-32(30,31)28-11-9-19(10-12-28)27(3)15-17-6-8-20(23)21(13-17)26-22(29)25-18-7-5-16(2)24-14-18/h5-8,13-14,19H,4,9-12,15H2,1-3H3,(H2,25,26,29). The lowest BCUT2D eigenvalue weighted by Gasteiger charge is -2.36. The Morgan fingerprint density at radius 1 is 1.22 bits per heavy atom. The smallest absolute Gasteiger partial charge is 0.306 e. The first kappa shape index (κ1) is 24.1. The molecule has 1 fully saturated rings. The first-order chi connectivity index (χ1) is 15.2. The van der Waals surface area contributed by atoms with Crippen molar-refractivity contribution in [1.82, 2.24) is 14.2 Å². The van der Waals surface area contributed by atoms with Crippen LogP contribution in [0, 0.1) is 12.7 Å². The second-order valence-electron chi connectivity index (χ2n) is 8.03. The molecule has 0 aliphatic carbocycles. The van der Waals surface area contributed by atoms with Crippen LogP contribution in [0.3, 0.4) is 0 Å². The highest BCUT2D eigenvalue weighted by atomic mass is 32.2. The number of hydrogen-bond acceptors (Lipinski definition) is 5. The highest BCUT2D eigenvalue weighted by molar-refractivity contribution is 7.89. The number of nitrogens with one attached hydrogen (secondary N) is 2. The summed E-state index contributed by atoms with van der Waals surface area (Å²) >= 11 is 0. The monoisotopic (exact) mass is 463 g/mol. The number of benzene rings is 1. The summed E-state index contributed by atoms with van der Waals surface area (Å²) < 4.78 is 39.9. The maximum absolute atomic E-state index is 14.3. The SMILES string of the molecule is CCS(=O)(=O)N1CCC(N(C)Cc2ccc(F)c(NC(=O)Nc3ccc(C)nc3)c2)CC1. The number of hydrogen-bond donors (Lipinski definition) is 2. The van der Waals surface area contributed by atoms with Gasteiger partial charge < -0.3 is 10.6 Å².